The lowest BCUT2D eigenvalue weighted by atomic mass is 9.92. The first-order valence-corrected chi connectivity index (χ1v) is 7.37. The van der Waals surface area contributed by atoms with Gasteiger partial charge in [0.25, 0.3) is 0 Å². The maximum Gasteiger partial charge on any atom is 0.323 e. The van der Waals surface area contributed by atoms with Crippen LogP contribution in [-0.4, -0.2) is 47.7 Å². The standard InChI is InChI=1S/C16H25FN2O2/c1-4-19(5-2)11-10-18-16(3,15(20)21)12-13-8-6-7-9-14(13)17/h6-9,18H,4-5,10-12H2,1-3H3,(H,20,21). The lowest BCUT2D eigenvalue weighted by molar-refractivity contribution is -0.144. The van der Waals surface area contributed by atoms with Crippen LogP contribution in [0.25, 0.3) is 0 Å². The van der Waals surface area contributed by atoms with Crippen molar-refractivity contribution in [1.82, 2.24) is 10.2 Å². The van der Waals surface area contributed by atoms with Gasteiger partial charge in [-0.25, -0.2) is 4.39 Å². The number of nitrogens with zero attached hydrogens (tertiary/aromatic N) is 1. The molecule has 0 radical (unpaired) electrons. The van der Waals surface area contributed by atoms with Crippen LogP contribution in [0.2, 0.25) is 0 Å². The maximum absolute atomic E-state index is 13.7. The molecule has 0 fully saturated rings. The molecule has 0 heterocycles. The number of likely N-dealkylation sites (N-methyl/N-ethyl adjacent to an activating group) is 1. The van der Waals surface area contributed by atoms with Crippen molar-refractivity contribution in [3.8, 4) is 0 Å². The van der Waals surface area contributed by atoms with Gasteiger partial charge >= 0.3 is 5.97 Å². The second kappa shape index (κ2) is 8.10. The second-order valence-corrected chi connectivity index (χ2v) is 5.36. The number of carboxylic acids is 1. The molecule has 1 rings (SSSR count). The lowest BCUT2D eigenvalue weighted by Gasteiger charge is -2.28. The predicted octanol–water partition coefficient (Wildman–Crippen LogP) is 2.14. The van der Waals surface area contributed by atoms with Crippen LogP contribution in [-0.2, 0) is 11.2 Å². The summed E-state index contributed by atoms with van der Waals surface area (Å²) in [6.45, 7) is 8.92. The minimum Gasteiger partial charge on any atom is -0.480 e. The molecule has 0 aliphatic carbocycles. The monoisotopic (exact) mass is 296 g/mol. The average Bonchev–Trinajstić information content (AvgIpc) is 2.46. The Morgan fingerprint density at radius 2 is 1.95 bits per heavy atom. The molecule has 0 saturated carbocycles. The highest BCUT2D eigenvalue weighted by molar-refractivity contribution is 5.78. The van der Waals surface area contributed by atoms with Gasteiger partial charge in [0.1, 0.15) is 11.4 Å². The number of nitrogens with one attached hydrogen (secondary N) is 1. The van der Waals surface area contributed by atoms with Gasteiger partial charge in [-0.3, -0.25) is 4.79 Å². The molecule has 118 valence electrons. The van der Waals surface area contributed by atoms with E-state index in [1.54, 1.807) is 25.1 Å². The highest BCUT2D eigenvalue weighted by Crippen LogP contribution is 2.16. The molecule has 1 unspecified atom stereocenters. The highest BCUT2D eigenvalue weighted by atomic mass is 19.1. The fourth-order valence-electron chi connectivity index (χ4n) is 2.27. The van der Waals surface area contributed by atoms with Crippen molar-refractivity contribution in [1.29, 1.82) is 0 Å². The number of carbonyl (C=O) groups is 1. The van der Waals surface area contributed by atoms with Gasteiger partial charge in [-0.05, 0) is 31.6 Å². The Morgan fingerprint density at radius 1 is 1.33 bits per heavy atom. The first-order valence-electron chi connectivity index (χ1n) is 7.37. The third kappa shape index (κ3) is 5.10. The zero-order chi connectivity index (χ0) is 15.9. The van der Waals surface area contributed by atoms with Crippen LogP contribution in [0.15, 0.2) is 24.3 Å². The van der Waals surface area contributed by atoms with E-state index in [-0.39, 0.29) is 12.2 Å². The quantitative estimate of drug-likeness (QED) is 0.733. The van der Waals surface area contributed by atoms with Crippen LogP contribution in [0.4, 0.5) is 4.39 Å². The summed E-state index contributed by atoms with van der Waals surface area (Å²) in [5, 5.41) is 12.5. The molecule has 0 aliphatic rings. The Hall–Kier alpha value is -1.46. The Bertz CT molecular complexity index is 463. The molecule has 1 aromatic carbocycles. The van der Waals surface area contributed by atoms with Crippen molar-refractivity contribution >= 4 is 5.97 Å². The van der Waals surface area contributed by atoms with Crippen molar-refractivity contribution in [3.63, 3.8) is 0 Å². The Balaban J connectivity index is 2.70. The van der Waals surface area contributed by atoms with E-state index in [9.17, 15) is 14.3 Å². The summed E-state index contributed by atoms with van der Waals surface area (Å²) in [5.74, 6) is -1.33. The zero-order valence-electron chi connectivity index (χ0n) is 13.0. The van der Waals surface area contributed by atoms with Crippen molar-refractivity contribution in [3.05, 3.63) is 35.6 Å². The number of hydrogen-bond donors (Lipinski definition) is 2. The molecule has 0 aliphatic heterocycles. The Labute approximate surface area is 126 Å². The fraction of sp³-hybridized carbons (Fsp3) is 0.562. The molecule has 1 atom stereocenters. The lowest BCUT2D eigenvalue weighted by Crippen LogP contribution is -2.53. The van der Waals surface area contributed by atoms with Gasteiger partial charge in [-0.2, -0.15) is 0 Å². The van der Waals surface area contributed by atoms with E-state index in [1.807, 2.05) is 0 Å². The topological polar surface area (TPSA) is 52.6 Å². The maximum atomic E-state index is 13.7. The van der Waals surface area contributed by atoms with Gasteiger partial charge in [-0.1, -0.05) is 32.0 Å². The van der Waals surface area contributed by atoms with E-state index in [1.165, 1.54) is 6.07 Å². The molecule has 1 aromatic rings. The summed E-state index contributed by atoms with van der Waals surface area (Å²) in [4.78, 5) is 13.8. The van der Waals surface area contributed by atoms with Crippen LogP contribution in [0, 0.1) is 5.82 Å². The van der Waals surface area contributed by atoms with Crippen molar-refractivity contribution in [2.45, 2.75) is 32.7 Å². The third-order valence-electron chi connectivity index (χ3n) is 3.81. The van der Waals surface area contributed by atoms with Crippen LogP contribution in [0.5, 0.6) is 0 Å². The summed E-state index contributed by atoms with van der Waals surface area (Å²) in [6.07, 6.45) is 0.118. The number of halogens is 1. The second-order valence-electron chi connectivity index (χ2n) is 5.36. The smallest absolute Gasteiger partial charge is 0.323 e. The summed E-state index contributed by atoms with van der Waals surface area (Å²) >= 11 is 0. The van der Waals surface area contributed by atoms with Gasteiger partial charge in [0, 0.05) is 19.5 Å². The van der Waals surface area contributed by atoms with Crippen LogP contribution < -0.4 is 5.32 Å². The summed E-state index contributed by atoms with van der Waals surface area (Å²) in [7, 11) is 0. The Morgan fingerprint density at radius 3 is 2.48 bits per heavy atom. The average molecular weight is 296 g/mol. The molecule has 0 aromatic heterocycles. The SMILES string of the molecule is CCN(CC)CCNC(C)(Cc1ccccc1F)C(=O)O. The van der Waals surface area contributed by atoms with E-state index in [0.717, 1.165) is 19.6 Å². The number of hydrogen-bond acceptors (Lipinski definition) is 3. The molecule has 2 N–H and O–H groups in total. The molecule has 5 heteroatoms. The first-order chi connectivity index (χ1) is 9.92. The third-order valence-corrected chi connectivity index (χ3v) is 3.81. The first kappa shape index (κ1) is 17.6. The number of benzene rings is 1. The fourth-order valence-corrected chi connectivity index (χ4v) is 2.27. The molecule has 0 bridgehead atoms. The van der Waals surface area contributed by atoms with Crippen LogP contribution in [0.1, 0.15) is 26.3 Å². The van der Waals surface area contributed by atoms with Gasteiger partial charge in [0.15, 0.2) is 0 Å². The number of rotatable bonds is 9. The number of aliphatic carboxylic acids is 1. The summed E-state index contributed by atoms with van der Waals surface area (Å²) in [6, 6.07) is 6.30. The predicted molar refractivity (Wildman–Crippen MR) is 81.9 cm³/mol. The van der Waals surface area contributed by atoms with Crippen LogP contribution in [0.3, 0.4) is 0 Å². The van der Waals surface area contributed by atoms with Gasteiger partial charge in [0.05, 0.1) is 0 Å². The molecule has 21 heavy (non-hydrogen) atoms. The molecule has 0 amide bonds. The Kier molecular flexibility index (Phi) is 6.78. The van der Waals surface area contributed by atoms with Crippen molar-refractivity contribution in [2.24, 2.45) is 0 Å². The van der Waals surface area contributed by atoms with E-state index < -0.39 is 11.5 Å². The minimum atomic E-state index is -1.17. The summed E-state index contributed by atoms with van der Waals surface area (Å²) < 4.78 is 13.7. The van der Waals surface area contributed by atoms with Gasteiger partial charge in [-0.15, -0.1) is 0 Å². The van der Waals surface area contributed by atoms with Crippen molar-refractivity contribution < 1.29 is 14.3 Å². The molecule has 0 saturated heterocycles. The molecular weight excluding hydrogens is 271 g/mol. The molecule has 4 nitrogen and oxygen atoms in total. The van der Waals surface area contributed by atoms with E-state index >= 15 is 0 Å². The van der Waals surface area contributed by atoms with E-state index in [4.69, 9.17) is 0 Å². The van der Waals surface area contributed by atoms with E-state index in [2.05, 4.69) is 24.1 Å². The van der Waals surface area contributed by atoms with Gasteiger partial charge in [0.2, 0.25) is 0 Å². The zero-order valence-corrected chi connectivity index (χ0v) is 13.0. The highest BCUT2D eigenvalue weighted by Gasteiger charge is 2.33. The summed E-state index contributed by atoms with van der Waals surface area (Å²) in [5.41, 5.74) is -0.757. The molecule has 0 spiro atoms. The van der Waals surface area contributed by atoms with E-state index in [0.29, 0.717) is 12.1 Å². The van der Waals surface area contributed by atoms with Crippen LogP contribution >= 0.6 is 0 Å². The van der Waals surface area contributed by atoms with Gasteiger partial charge < -0.3 is 15.3 Å². The van der Waals surface area contributed by atoms with Crippen molar-refractivity contribution in [2.75, 3.05) is 26.2 Å². The largest absolute Gasteiger partial charge is 0.480 e. The minimum absolute atomic E-state index is 0.118. The molecular formula is C16H25FN2O2. The number of carboxylic acid groups (broad SMARTS) is 1. The normalized spacial score (nSPS) is 14.1.